The number of rotatable bonds is 7. The average Bonchev–Trinajstić information content (AvgIpc) is 3.01. The highest BCUT2D eigenvalue weighted by molar-refractivity contribution is 5.97. The molecular weight excluding hydrogens is 391 g/mol. The van der Waals surface area contributed by atoms with Crippen LogP contribution >= 0.6 is 0 Å². The van der Waals surface area contributed by atoms with E-state index >= 15 is 0 Å². The lowest BCUT2D eigenvalue weighted by Gasteiger charge is -2.11. The standard InChI is InChI=1S/C19H16F3N3O4/c1-2-29-16-8-14-12(9-25(24-14)10-18(27)28)6-11(16)7-15(26)13-4-3-5-17(23-13)19(20,21)22/h3-6,8-9H,2,7,10H2,1H3,(H,27,28). The Hall–Kier alpha value is -3.43. The Morgan fingerprint density at radius 3 is 2.66 bits per heavy atom. The highest BCUT2D eigenvalue weighted by atomic mass is 19.4. The Labute approximate surface area is 162 Å². The highest BCUT2D eigenvalue weighted by Crippen LogP contribution is 2.29. The number of pyridine rings is 1. The average molecular weight is 407 g/mol. The molecule has 0 aliphatic rings. The number of carboxylic acids is 1. The molecule has 0 saturated carbocycles. The van der Waals surface area contributed by atoms with Crippen molar-refractivity contribution in [2.75, 3.05) is 6.61 Å². The van der Waals surface area contributed by atoms with Crippen molar-refractivity contribution in [3.8, 4) is 5.75 Å². The van der Waals surface area contributed by atoms with Crippen molar-refractivity contribution >= 4 is 22.7 Å². The van der Waals surface area contributed by atoms with Crippen LogP contribution in [0.15, 0.2) is 36.5 Å². The van der Waals surface area contributed by atoms with Gasteiger partial charge in [-0.1, -0.05) is 6.07 Å². The summed E-state index contributed by atoms with van der Waals surface area (Å²) >= 11 is 0. The van der Waals surface area contributed by atoms with Gasteiger partial charge in [-0.05, 0) is 25.1 Å². The predicted molar refractivity (Wildman–Crippen MR) is 95.8 cm³/mol. The van der Waals surface area contributed by atoms with Crippen molar-refractivity contribution in [3.63, 3.8) is 0 Å². The maximum Gasteiger partial charge on any atom is 0.433 e. The largest absolute Gasteiger partial charge is 0.494 e. The van der Waals surface area contributed by atoms with Gasteiger partial charge >= 0.3 is 12.1 Å². The van der Waals surface area contributed by atoms with Gasteiger partial charge in [-0.3, -0.25) is 14.3 Å². The van der Waals surface area contributed by atoms with Gasteiger partial charge in [-0.15, -0.1) is 0 Å². The molecule has 0 atom stereocenters. The summed E-state index contributed by atoms with van der Waals surface area (Å²) in [6.45, 7) is 1.71. The fourth-order valence-corrected chi connectivity index (χ4v) is 2.81. The Balaban J connectivity index is 1.94. The van der Waals surface area contributed by atoms with Gasteiger partial charge < -0.3 is 9.84 Å². The Kier molecular flexibility index (Phi) is 5.53. The molecule has 0 aliphatic carbocycles. The molecule has 0 aliphatic heterocycles. The monoisotopic (exact) mass is 407 g/mol. The molecular formula is C19H16F3N3O4. The first-order chi connectivity index (χ1) is 13.7. The molecule has 152 valence electrons. The smallest absolute Gasteiger partial charge is 0.433 e. The van der Waals surface area contributed by atoms with Crippen LogP contribution in [0.5, 0.6) is 5.75 Å². The maximum atomic E-state index is 12.8. The lowest BCUT2D eigenvalue weighted by Crippen LogP contribution is -2.13. The number of nitrogens with zero attached hydrogens (tertiary/aromatic N) is 3. The zero-order valence-electron chi connectivity index (χ0n) is 15.2. The number of hydrogen-bond donors (Lipinski definition) is 1. The van der Waals surface area contributed by atoms with E-state index in [4.69, 9.17) is 9.84 Å². The summed E-state index contributed by atoms with van der Waals surface area (Å²) in [4.78, 5) is 26.8. The number of hydrogen-bond acceptors (Lipinski definition) is 5. The molecule has 1 N–H and O–H groups in total. The molecule has 3 rings (SSSR count). The first-order valence-corrected chi connectivity index (χ1v) is 8.59. The van der Waals surface area contributed by atoms with Crippen LogP contribution in [0.1, 0.15) is 28.7 Å². The summed E-state index contributed by atoms with van der Waals surface area (Å²) < 4.78 is 45.3. The maximum absolute atomic E-state index is 12.8. The molecule has 7 nitrogen and oxygen atoms in total. The zero-order valence-corrected chi connectivity index (χ0v) is 15.2. The summed E-state index contributed by atoms with van der Waals surface area (Å²) in [5, 5.41) is 13.6. The Morgan fingerprint density at radius 1 is 1.24 bits per heavy atom. The zero-order chi connectivity index (χ0) is 21.2. The van der Waals surface area contributed by atoms with Gasteiger partial charge in [0.05, 0.1) is 12.1 Å². The van der Waals surface area contributed by atoms with E-state index in [1.54, 1.807) is 19.1 Å². The molecule has 0 fully saturated rings. The normalized spacial score (nSPS) is 11.6. The first kappa shape index (κ1) is 20.3. The number of carbonyl (C=O) groups excluding carboxylic acids is 1. The number of ether oxygens (including phenoxy) is 1. The van der Waals surface area contributed by atoms with Gasteiger partial charge in [-0.2, -0.15) is 18.3 Å². The topological polar surface area (TPSA) is 94.3 Å². The minimum absolute atomic E-state index is 0.232. The summed E-state index contributed by atoms with van der Waals surface area (Å²) in [5.74, 6) is -1.32. The number of halogens is 3. The highest BCUT2D eigenvalue weighted by Gasteiger charge is 2.33. The fraction of sp³-hybridized carbons (Fsp3) is 0.263. The third-order valence-electron chi connectivity index (χ3n) is 4.01. The van der Waals surface area contributed by atoms with Gasteiger partial charge in [0.15, 0.2) is 5.78 Å². The molecule has 1 aromatic carbocycles. The number of ketones is 1. The number of carboxylic acid groups (broad SMARTS) is 1. The molecule has 0 bridgehead atoms. The van der Waals surface area contributed by atoms with Crippen LogP contribution in [0.3, 0.4) is 0 Å². The molecule has 0 amide bonds. The van der Waals surface area contributed by atoms with Crippen LogP contribution in [0.4, 0.5) is 13.2 Å². The third-order valence-corrected chi connectivity index (χ3v) is 4.01. The van der Waals surface area contributed by atoms with Crippen molar-refractivity contribution in [1.82, 2.24) is 14.8 Å². The number of carbonyl (C=O) groups is 2. The quantitative estimate of drug-likeness (QED) is 0.604. The number of benzene rings is 1. The van der Waals surface area contributed by atoms with E-state index in [2.05, 4.69) is 10.1 Å². The SMILES string of the molecule is CCOc1cc2nn(CC(=O)O)cc2cc1CC(=O)c1cccc(C(F)(F)F)n1. The van der Waals surface area contributed by atoms with Gasteiger partial charge in [0.25, 0.3) is 0 Å². The summed E-state index contributed by atoms with van der Waals surface area (Å²) in [5.41, 5.74) is -0.524. The van der Waals surface area contributed by atoms with E-state index in [-0.39, 0.29) is 18.7 Å². The third kappa shape index (κ3) is 4.71. The number of aromatic nitrogens is 3. The lowest BCUT2D eigenvalue weighted by molar-refractivity contribution is -0.141. The van der Waals surface area contributed by atoms with Gasteiger partial charge in [0, 0.05) is 29.6 Å². The minimum atomic E-state index is -4.65. The van der Waals surface area contributed by atoms with Crippen LogP contribution in [0, 0.1) is 0 Å². The molecule has 29 heavy (non-hydrogen) atoms. The van der Waals surface area contributed by atoms with E-state index in [1.807, 2.05) is 0 Å². The van der Waals surface area contributed by atoms with Crippen LogP contribution in [0.2, 0.25) is 0 Å². The van der Waals surface area contributed by atoms with Crippen molar-refractivity contribution in [3.05, 3.63) is 53.5 Å². The van der Waals surface area contributed by atoms with E-state index < -0.39 is 23.6 Å². The molecule has 0 spiro atoms. The second kappa shape index (κ2) is 7.90. The van der Waals surface area contributed by atoms with Gasteiger partial charge in [0.2, 0.25) is 0 Å². The number of Topliss-reactive ketones (excluding diaryl/α,β-unsaturated/α-hetero) is 1. The van der Waals surface area contributed by atoms with Crippen LogP contribution in [-0.2, 0) is 23.9 Å². The van der Waals surface area contributed by atoms with Gasteiger partial charge in [0.1, 0.15) is 23.7 Å². The predicted octanol–water partition coefficient (Wildman–Crippen LogP) is 3.36. The molecule has 0 unspecified atom stereocenters. The van der Waals surface area contributed by atoms with E-state index in [9.17, 15) is 22.8 Å². The fourth-order valence-electron chi connectivity index (χ4n) is 2.81. The van der Waals surface area contributed by atoms with Crippen molar-refractivity contribution in [2.24, 2.45) is 0 Å². The number of alkyl halides is 3. The van der Waals surface area contributed by atoms with Crippen LogP contribution < -0.4 is 4.74 Å². The second-order valence-corrected chi connectivity index (χ2v) is 6.18. The molecule has 3 aromatic rings. The summed E-state index contributed by atoms with van der Waals surface area (Å²) in [6, 6.07) is 6.33. The summed E-state index contributed by atoms with van der Waals surface area (Å²) in [6.07, 6.45) is -3.37. The second-order valence-electron chi connectivity index (χ2n) is 6.18. The lowest BCUT2D eigenvalue weighted by atomic mass is 10.0. The molecule has 2 aromatic heterocycles. The molecule has 10 heteroatoms. The van der Waals surface area contributed by atoms with Crippen LogP contribution in [0.25, 0.3) is 10.9 Å². The number of aliphatic carboxylic acids is 1. The molecule has 0 radical (unpaired) electrons. The number of fused-ring (bicyclic) bond motifs is 1. The molecule has 2 heterocycles. The van der Waals surface area contributed by atoms with Crippen molar-refractivity contribution < 1.29 is 32.6 Å². The first-order valence-electron chi connectivity index (χ1n) is 8.59. The summed E-state index contributed by atoms with van der Waals surface area (Å²) in [7, 11) is 0. The van der Waals surface area contributed by atoms with E-state index in [1.165, 1.54) is 16.9 Å². The Bertz CT molecular complexity index is 1080. The van der Waals surface area contributed by atoms with Crippen LogP contribution in [-0.4, -0.2) is 38.2 Å². The molecule has 0 saturated heterocycles. The van der Waals surface area contributed by atoms with E-state index in [0.717, 1.165) is 12.1 Å². The van der Waals surface area contributed by atoms with Gasteiger partial charge in [-0.25, -0.2) is 4.98 Å². The van der Waals surface area contributed by atoms with Crippen molar-refractivity contribution in [2.45, 2.75) is 26.1 Å². The minimum Gasteiger partial charge on any atom is -0.494 e. The Morgan fingerprint density at radius 2 is 2.00 bits per heavy atom. The van der Waals surface area contributed by atoms with Crippen molar-refractivity contribution in [1.29, 1.82) is 0 Å². The van der Waals surface area contributed by atoms with E-state index in [0.29, 0.717) is 28.8 Å².